The van der Waals surface area contributed by atoms with Gasteiger partial charge in [-0.15, -0.1) is 5.10 Å². The van der Waals surface area contributed by atoms with Gasteiger partial charge in [-0.05, 0) is 31.7 Å². The number of aromatic nitrogens is 4. The Bertz CT molecular complexity index is 1050. The van der Waals surface area contributed by atoms with Crippen molar-refractivity contribution < 1.29 is 4.74 Å². The van der Waals surface area contributed by atoms with Crippen molar-refractivity contribution in [2.45, 2.75) is 27.3 Å². The van der Waals surface area contributed by atoms with Gasteiger partial charge in [-0.2, -0.15) is 9.50 Å². The zero-order chi connectivity index (χ0) is 23.1. The molecule has 32 heavy (non-hydrogen) atoms. The van der Waals surface area contributed by atoms with Gasteiger partial charge in [-0.1, -0.05) is 32.0 Å². The number of likely N-dealkylation sites (N-methyl/N-ethyl adjacent to an activating group) is 1. The van der Waals surface area contributed by atoms with E-state index in [0.717, 1.165) is 26.2 Å². The first-order valence-electron chi connectivity index (χ1n) is 11.1. The maximum absolute atomic E-state index is 6.12. The van der Waals surface area contributed by atoms with Gasteiger partial charge in [0.2, 0.25) is 11.8 Å². The Hall–Kier alpha value is -3.33. The maximum atomic E-state index is 6.12. The molecule has 0 aliphatic carbocycles. The zero-order valence-corrected chi connectivity index (χ0v) is 19.7. The van der Waals surface area contributed by atoms with Gasteiger partial charge in [0.05, 0.1) is 7.11 Å². The van der Waals surface area contributed by atoms with Crippen LogP contribution in [0.4, 0.5) is 17.5 Å². The normalized spacial score (nSPS) is 14.8. The van der Waals surface area contributed by atoms with Crippen LogP contribution in [0.2, 0.25) is 0 Å². The van der Waals surface area contributed by atoms with Gasteiger partial charge in [0.1, 0.15) is 5.82 Å². The molecule has 0 radical (unpaired) electrons. The van der Waals surface area contributed by atoms with Crippen molar-refractivity contribution in [1.82, 2.24) is 24.5 Å². The molecule has 3 aromatic rings. The summed E-state index contributed by atoms with van der Waals surface area (Å²) in [5, 5.41) is 7.77. The second-order valence-corrected chi connectivity index (χ2v) is 7.33. The van der Waals surface area contributed by atoms with Crippen molar-refractivity contribution in [3.63, 3.8) is 0 Å². The van der Waals surface area contributed by atoms with E-state index in [9.17, 15) is 0 Å². The van der Waals surface area contributed by atoms with E-state index in [2.05, 4.69) is 61.5 Å². The molecular formula is C23H34N8O. The van der Waals surface area contributed by atoms with Crippen LogP contribution in [-0.4, -0.2) is 64.8 Å². The number of para-hydroxylation sites is 1. The SMILES string of the molecule is C/C=C(\OC)c1nc2cc(NCc3ccccc3N3CCN(C)CC3)nc(N)n2n1.CC. The topological polar surface area (TPSA) is 96.8 Å². The van der Waals surface area contributed by atoms with Crippen LogP contribution < -0.4 is 16.0 Å². The summed E-state index contributed by atoms with van der Waals surface area (Å²) in [6, 6.07) is 10.3. The summed E-state index contributed by atoms with van der Waals surface area (Å²) in [4.78, 5) is 13.8. The third-order valence-electron chi connectivity index (χ3n) is 5.35. The summed E-state index contributed by atoms with van der Waals surface area (Å²) < 4.78 is 6.82. The molecule has 0 atom stereocenters. The van der Waals surface area contributed by atoms with E-state index in [1.54, 1.807) is 7.11 Å². The number of fused-ring (bicyclic) bond motifs is 1. The Morgan fingerprint density at radius 2 is 1.88 bits per heavy atom. The third kappa shape index (κ3) is 5.11. The number of benzene rings is 1. The van der Waals surface area contributed by atoms with Crippen LogP contribution in [0.3, 0.4) is 0 Å². The van der Waals surface area contributed by atoms with Crippen LogP contribution in [0, 0.1) is 0 Å². The van der Waals surface area contributed by atoms with Crippen molar-refractivity contribution in [2.24, 2.45) is 0 Å². The fourth-order valence-electron chi connectivity index (χ4n) is 3.65. The van der Waals surface area contributed by atoms with Crippen molar-refractivity contribution in [1.29, 1.82) is 0 Å². The van der Waals surface area contributed by atoms with Crippen LogP contribution in [0.1, 0.15) is 32.2 Å². The number of piperazine rings is 1. The van der Waals surface area contributed by atoms with E-state index in [1.165, 1.54) is 15.8 Å². The first-order chi connectivity index (χ1) is 15.6. The highest BCUT2D eigenvalue weighted by Crippen LogP contribution is 2.23. The number of hydrogen-bond acceptors (Lipinski definition) is 8. The highest BCUT2D eigenvalue weighted by atomic mass is 16.5. The van der Waals surface area contributed by atoms with Crippen molar-refractivity contribution in [3.8, 4) is 0 Å². The molecule has 0 saturated carbocycles. The van der Waals surface area contributed by atoms with Gasteiger partial charge >= 0.3 is 0 Å². The molecule has 1 aliphatic heterocycles. The van der Waals surface area contributed by atoms with Crippen molar-refractivity contribution in [3.05, 3.63) is 47.8 Å². The Labute approximate surface area is 189 Å². The number of rotatable bonds is 6. The summed E-state index contributed by atoms with van der Waals surface area (Å²) in [5.41, 5.74) is 9.21. The number of methoxy groups -OCH3 is 1. The lowest BCUT2D eigenvalue weighted by atomic mass is 10.1. The molecule has 0 bridgehead atoms. The molecule has 1 aromatic carbocycles. The van der Waals surface area contributed by atoms with E-state index in [0.29, 0.717) is 29.6 Å². The van der Waals surface area contributed by atoms with E-state index in [1.807, 2.05) is 32.9 Å². The Kier molecular flexibility index (Phi) is 7.88. The highest BCUT2D eigenvalue weighted by molar-refractivity contribution is 5.60. The monoisotopic (exact) mass is 438 g/mol. The molecule has 172 valence electrons. The van der Waals surface area contributed by atoms with Crippen LogP contribution >= 0.6 is 0 Å². The van der Waals surface area contributed by atoms with E-state index >= 15 is 0 Å². The molecule has 0 amide bonds. The third-order valence-corrected chi connectivity index (χ3v) is 5.35. The van der Waals surface area contributed by atoms with Crippen LogP contribution in [0.15, 0.2) is 36.4 Å². The fraction of sp³-hybridized carbons (Fsp3) is 0.435. The van der Waals surface area contributed by atoms with Gasteiger partial charge in [-0.3, -0.25) is 0 Å². The maximum Gasteiger partial charge on any atom is 0.225 e. The number of allylic oxidation sites excluding steroid dienone is 1. The molecule has 1 saturated heterocycles. The minimum atomic E-state index is 0.271. The number of ether oxygens (including phenoxy) is 1. The molecule has 3 N–H and O–H groups in total. The molecule has 3 heterocycles. The minimum Gasteiger partial charge on any atom is -0.493 e. The van der Waals surface area contributed by atoms with Gasteiger partial charge < -0.3 is 25.6 Å². The lowest BCUT2D eigenvalue weighted by Crippen LogP contribution is -2.44. The Balaban J connectivity index is 0.00000141. The van der Waals surface area contributed by atoms with E-state index in [4.69, 9.17) is 10.5 Å². The summed E-state index contributed by atoms with van der Waals surface area (Å²) in [7, 11) is 3.76. The molecule has 9 heteroatoms. The molecule has 9 nitrogen and oxygen atoms in total. The predicted octanol–water partition coefficient (Wildman–Crippen LogP) is 3.10. The van der Waals surface area contributed by atoms with Crippen molar-refractivity contribution in [2.75, 3.05) is 56.3 Å². The molecular weight excluding hydrogens is 404 g/mol. The summed E-state index contributed by atoms with van der Waals surface area (Å²) in [6.07, 6.45) is 1.81. The van der Waals surface area contributed by atoms with Gasteiger partial charge in [0.15, 0.2) is 11.4 Å². The van der Waals surface area contributed by atoms with Crippen molar-refractivity contribution >= 4 is 28.9 Å². The second-order valence-electron chi connectivity index (χ2n) is 7.33. The number of nitrogens with one attached hydrogen (secondary N) is 1. The zero-order valence-electron chi connectivity index (χ0n) is 19.7. The predicted molar refractivity (Wildman–Crippen MR) is 131 cm³/mol. The van der Waals surface area contributed by atoms with E-state index in [-0.39, 0.29) is 5.95 Å². The summed E-state index contributed by atoms with van der Waals surface area (Å²) >= 11 is 0. The molecule has 1 fully saturated rings. The summed E-state index contributed by atoms with van der Waals surface area (Å²) in [6.45, 7) is 10.7. The molecule has 0 spiro atoms. The average molecular weight is 439 g/mol. The fourth-order valence-corrected chi connectivity index (χ4v) is 3.65. The quantitative estimate of drug-likeness (QED) is 0.567. The number of hydrogen-bond donors (Lipinski definition) is 2. The first-order valence-corrected chi connectivity index (χ1v) is 11.1. The second kappa shape index (κ2) is 10.8. The van der Waals surface area contributed by atoms with Gasteiger partial charge in [0, 0.05) is 44.5 Å². The number of nitrogens with two attached hydrogens (primary N) is 1. The number of nitrogens with zero attached hydrogens (tertiary/aromatic N) is 6. The first kappa shape index (κ1) is 23.3. The lowest BCUT2D eigenvalue weighted by molar-refractivity contribution is 0.312. The van der Waals surface area contributed by atoms with Gasteiger partial charge in [0.25, 0.3) is 0 Å². The minimum absolute atomic E-state index is 0.271. The Morgan fingerprint density at radius 1 is 1.16 bits per heavy atom. The number of anilines is 3. The molecule has 0 unspecified atom stereocenters. The Morgan fingerprint density at radius 3 is 2.56 bits per heavy atom. The van der Waals surface area contributed by atoms with Crippen LogP contribution in [0.5, 0.6) is 0 Å². The molecule has 1 aliphatic rings. The van der Waals surface area contributed by atoms with Gasteiger partial charge in [-0.25, -0.2) is 4.98 Å². The van der Waals surface area contributed by atoms with Crippen LogP contribution in [-0.2, 0) is 11.3 Å². The standard InChI is InChI=1S/C21H28N8O.C2H6/c1-4-17(30-3)20-25-19-13-18(24-21(22)29(19)26-20)23-14-15-7-5-6-8-16(15)28-11-9-27(2)10-12-28;1-2/h4-8,13,23H,9-12,14H2,1-3H3,(H2,22,24);1-2H3/b17-4-;. The summed E-state index contributed by atoms with van der Waals surface area (Å²) in [5.74, 6) is 2.00. The van der Waals surface area contributed by atoms with E-state index < -0.39 is 0 Å². The smallest absolute Gasteiger partial charge is 0.225 e. The largest absolute Gasteiger partial charge is 0.493 e. The molecule has 4 rings (SSSR count). The van der Waals surface area contributed by atoms with Crippen LogP contribution in [0.25, 0.3) is 11.4 Å². The molecule has 2 aromatic heterocycles. The highest BCUT2D eigenvalue weighted by Gasteiger charge is 2.17. The lowest BCUT2D eigenvalue weighted by Gasteiger charge is -2.35. The number of nitrogen functional groups attached to an aromatic ring is 1. The average Bonchev–Trinajstić information content (AvgIpc) is 3.25.